The van der Waals surface area contributed by atoms with Crippen molar-refractivity contribution in [3.8, 4) is 11.3 Å². The SMILES string of the molecule is CC1C(O)CN1C(=O)c1coc(Cc2ccc(-c3cn[nH]c3)nc2)n1. The maximum atomic E-state index is 12.3. The summed E-state index contributed by atoms with van der Waals surface area (Å²) in [5.41, 5.74) is 2.94. The van der Waals surface area contributed by atoms with E-state index < -0.39 is 6.10 Å². The van der Waals surface area contributed by atoms with Gasteiger partial charge in [0, 0.05) is 24.5 Å². The van der Waals surface area contributed by atoms with Crippen LogP contribution in [-0.4, -0.2) is 54.8 Å². The van der Waals surface area contributed by atoms with Gasteiger partial charge in [-0.1, -0.05) is 6.07 Å². The Balaban J connectivity index is 1.43. The number of aliphatic hydroxyl groups is 1. The van der Waals surface area contributed by atoms with Crippen LogP contribution < -0.4 is 0 Å². The summed E-state index contributed by atoms with van der Waals surface area (Å²) in [4.78, 5) is 22.5. The number of nitrogens with zero attached hydrogens (tertiary/aromatic N) is 4. The van der Waals surface area contributed by atoms with Gasteiger partial charge in [0.05, 0.1) is 30.5 Å². The Morgan fingerprint density at radius 1 is 1.44 bits per heavy atom. The minimum absolute atomic E-state index is 0.188. The minimum atomic E-state index is -0.463. The lowest BCUT2D eigenvalue weighted by Crippen LogP contribution is -2.60. The van der Waals surface area contributed by atoms with Crippen molar-refractivity contribution in [2.24, 2.45) is 0 Å². The lowest BCUT2D eigenvalue weighted by molar-refractivity contribution is -0.0360. The monoisotopic (exact) mass is 339 g/mol. The van der Waals surface area contributed by atoms with Gasteiger partial charge in [-0.25, -0.2) is 4.98 Å². The number of aromatic nitrogens is 4. The van der Waals surface area contributed by atoms with E-state index in [9.17, 15) is 9.90 Å². The predicted molar refractivity (Wildman–Crippen MR) is 87.6 cm³/mol. The molecule has 4 heterocycles. The number of aromatic amines is 1. The summed E-state index contributed by atoms with van der Waals surface area (Å²) in [6.45, 7) is 2.14. The highest BCUT2D eigenvalue weighted by Crippen LogP contribution is 2.21. The molecular formula is C17H17N5O3. The second-order valence-corrected chi connectivity index (χ2v) is 6.11. The van der Waals surface area contributed by atoms with Crippen molar-refractivity contribution in [3.63, 3.8) is 0 Å². The molecule has 2 N–H and O–H groups in total. The summed E-state index contributed by atoms with van der Waals surface area (Å²) in [5.74, 6) is 0.233. The summed E-state index contributed by atoms with van der Waals surface area (Å²) in [6.07, 6.45) is 6.59. The third kappa shape index (κ3) is 2.91. The number of pyridine rings is 1. The van der Waals surface area contributed by atoms with Gasteiger partial charge in [-0.15, -0.1) is 0 Å². The van der Waals surface area contributed by atoms with Gasteiger partial charge in [0.25, 0.3) is 5.91 Å². The number of H-pyrrole nitrogens is 1. The Labute approximate surface area is 143 Å². The highest BCUT2D eigenvalue weighted by atomic mass is 16.3. The number of oxazole rings is 1. The zero-order chi connectivity index (χ0) is 17.4. The Morgan fingerprint density at radius 3 is 2.96 bits per heavy atom. The number of likely N-dealkylation sites (tertiary alicyclic amines) is 1. The fraction of sp³-hybridized carbons (Fsp3) is 0.294. The summed E-state index contributed by atoms with van der Waals surface area (Å²) in [5, 5.41) is 16.2. The quantitative estimate of drug-likeness (QED) is 0.741. The van der Waals surface area contributed by atoms with Crippen LogP contribution in [0.15, 0.2) is 41.4 Å². The highest BCUT2D eigenvalue weighted by molar-refractivity contribution is 5.92. The van der Waals surface area contributed by atoms with Crippen molar-refractivity contribution < 1.29 is 14.3 Å². The Bertz CT molecular complexity index is 872. The van der Waals surface area contributed by atoms with Crippen molar-refractivity contribution in [1.82, 2.24) is 25.1 Å². The molecule has 2 atom stereocenters. The molecule has 0 saturated carbocycles. The summed E-state index contributed by atoms with van der Waals surface area (Å²) in [6, 6.07) is 3.65. The first-order valence-corrected chi connectivity index (χ1v) is 7.99. The van der Waals surface area contributed by atoms with Crippen molar-refractivity contribution in [2.45, 2.75) is 25.5 Å². The lowest BCUT2D eigenvalue weighted by atomic mass is 10.0. The van der Waals surface area contributed by atoms with Gasteiger partial charge in [0.2, 0.25) is 0 Å². The van der Waals surface area contributed by atoms with Crippen molar-refractivity contribution in [3.05, 3.63) is 54.1 Å². The maximum absolute atomic E-state index is 12.3. The molecule has 0 radical (unpaired) electrons. The largest absolute Gasteiger partial charge is 0.448 e. The van der Waals surface area contributed by atoms with Gasteiger partial charge in [-0.2, -0.15) is 5.10 Å². The molecule has 128 valence electrons. The molecule has 0 aliphatic carbocycles. The summed E-state index contributed by atoms with van der Waals surface area (Å²) < 4.78 is 5.41. The molecule has 0 spiro atoms. The van der Waals surface area contributed by atoms with Crippen molar-refractivity contribution in [1.29, 1.82) is 0 Å². The van der Waals surface area contributed by atoms with Crippen LogP contribution in [0.25, 0.3) is 11.3 Å². The molecule has 3 aromatic rings. The molecule has 2 unspecified atom stereocenters. The smallest absolute Gasteiger partial charge is 0.276 e. The van der Waals surface area contributed by atoms with E-state index in [-0.39, 0.29) is 17.6 Å². The lowest BCUT2D eigenvalue weighted by Gasteiger charge is -2.42. The minimum Gasteiger partial charge on any atom is -0.448 e. The number of hydrogen-bond acceptors (Lipinski definition) is 6. The number of nitrogens with one attached hydrogen (secondary N) is 1. The molecular weight excluding hydrogens is 322 g/mol. The van der Waals surface area contributed by atoms with Crippen molar-refractivity contribution >= 4 is 5.91 Å². The molecule has 8 heteroatoms. The number of hydrogen-bond donors (Lipinski definition) is 2. The fourth-order valence-electron chi connectivity index (χ4n) is 2.76. The number of rotatable bonds is 4. The van der Waals surface area contributed by atoms with Crippen LogP contribution in [0.3, 0.4) is 0 Å². The van der Waals surface area contributed by atoms with Gasteiger partial charge in [0.15, 0.2) is 11.6 Å². The molecule has 1 aliphatic rings. The molecule has 1 aliphatic heterocycles. The van der Waals surface area contributed by atoms with Crippen LogP contribution in [0.1, 0.15) is 28.9 Å². The van der Waals surface area contributed by atoms with Crippen LogP contribution in [0.4, 0.5) is 0 Å². The number of β-amino-alcohol motifs (C(OH)–C–C–N with tert-alkyl or cyclic N) is 1. The zero-order valence-electron chi connectivity index (χ0n) is 13.6. The van der Waals surface area contributed by atoms with Crippen LogP contribution >= 0.6 is 0 Å². The molecule has 0 aromatic carbocycles. The van der Waals surface area contributed by atoms with Gasteiger partial charge in [-0.3, -0.25) is 14.9 Å². The first-order valence-electron chi connectivity index (χ1n) is 7.99. The van der Waals surface area contributed by atoms with Crippen LogP contribution in [0.2, 0.25) is 0 Å². The molecule has 25 heavy (non-hydrogen) atoms. The van der Waals surface area contributed by atoms with E-state index in [0.717, 1.165) is 16.8 Å². The topological polar surface area (TPSA) is 108 Å². The average molecular weight is 339 g/mol. The maximum Gasteiger partial charge on any atom is 0.276 e. The van der Waals surface area contributed by atoms with Gasteiger partial charge in [-0.05, 0) is 18.6 Å². The van der Waals surface area contributed by atoms with Crippen LogP contribution in [0, 0.1) is 0 Å². The summed E-state index contributed by atoms with van der Waals surface area (Å²) in [7, 11) is 0. The average Bonchev–Trinajstić information content (AvgIpc) is 3.31. The van der Waals surface area contributed by atoms with Crippen LogP contribution in [-0.2, 0) is 6.42 Å². The van der Waals surface area contributed by atoms with Gasteiger partial charge < -0.3 is 14.4 Å². The summed E-state index contributed by atoms with van der Waals surface area (Å²) >= 11 is 0. The zero-order valence-corrected chi connectivity index (χ0v) is 13.6. The molecule has 8 nitrogen and oxygen atoms in total. The standard InChI is InChI=1S/C17H17N5O3/c1-10-15(23)8-22(10)17(24)14-9-25-16(21-14)4-11-2-3-13(18-5-11)12-6-19-20-7-12/h2-3,5-7,9-10,15,23H,4,8H2,1H3,(H,19,20). The first kappa shape index (κ1) is 15.5. The Morgan fingerprint density at radius 2 is 2.32 bits per heavy atom. The molecule has 3 aromatic heterocycles. The van der Waals surface area contributed by atoms with E-state index >= 15 is 0 Å². The Kier molecular flexibility index (Phi) is 3.81. The first-order chi connectivity index (χ1) is 12.1. The van der Waals surface area contributed by atoms with E-state index in [1.165, 1.54) is 6.26 Å². The fourth-order valence-corrected chi connectivity index (χ4v) is 2.76. The number of aliphatic hydroxyl groups excluding tert-OH is 1. The molecule has 1 fully saturated rings. The molecule has 0 bridgehead atoms. The van der Waals surface area contributed by atoms with E-state index in [0.29, 0.717) is 18.9 Å². The second-order valence-electron chi connectivity index (χ2n) is 6.11. The normalized spacial score (nSPS) is 19.7. The third-order valence-electron chi connectivity index (χ3n) is 4.44. The number of amides is 1. The number of carbonyl (C=O) groups excluding carboxylic acids is 1. The highest BCUT2D eigenvalue weighted by Gasteiger charge is 2.38. The third-order valence-corrected chi connectivity index (χ3v) is 4.44. The molecule has 1 saturated heterocycles. The van der Waals surface area contributed by atoms with E-state index in [4.69, 9.17) is 4.42 Å². The van der Waals surface area contributed by atoms with Crippen molar-refractivity contribution in [2.75, 3.05) is 6.54 Å². The van der Waals surface area contributed by atoms with E-state index in [1.807, 2.05) is 12.1 Å². The molecule has 1 amide bonds. The van der Waals surface area contributed by atoms with Crippen LogP contribution in [0.5, 0.6) is 0 Å². The van der Waals surface area contributed by atoms with E-state index in [2.05, 4.69) is 20.2 Å². The van der Waals surface area contributed by atoms with E-state index in [1.54, 1.807) is 30.4 Å². The Hall–Kier alpha value is -3.00. The van der Waals surface area contributed by atoms with Gasteiger partial charge in [0.1, 0.15) is 6.26 Å². The predicted octanol–water partition coefficient (Wildman–Crippen LogP) is 1.26. The second kappa shape index (κ2) is 6.14. The molecule has 4 rings (SSSR count). The number of carbonyl (C=O) groups is 1. The van der Waals surface area contributed by atoms with Gasteiger partial charge >= 0.3 is 0 Å².